The van der Waals surface area contributed by atoms with Crippen LogP contribution >= 0.6 is 23.2 Å². The lowest BCUT2D eigenvalue weighted by molar-refractivity contribution is -0.262. The monoisotopic (exact) mass is 613 g/mol. The zero-order chi connectivity index (χ0) is 30.1. The molecule has 0 radical (unpaired) electrons. The topological polar surface area (TPSA) is 64.1 Å². The number of piperidine rings is 2. The summed E-state index contributed by atoms with van der Waals surface area (Å²) in [6, 6.07) is 9.14. The Labute approximate surface area is 249 Å². The van der Waals surface area contributed by atoms with Gasteiger partial charge in [-0.05, 0) is 86.8 Å². The largest absolute Gasteiger partial charge is 0.430 e. The molecule has 0 spiro atoms. The molecule has 224 valence electrons. The van der Waals surface area contributed by atoms with E-state index in [-0.39, 0.29) is 24.0 Å². The van der Waals surface area contributed by atoms with Gasteiger partial charge in [-0.1, -0.05) is 29.3 Å². The highest BCUT2D eigenvalue weighted by Crippen LogP contribution is 2.42. The summed E-state index contributed by atoms with van der Waals surface area (Å²) in [5, 5.41) is 11.3. The zero-order valence-corrected chi connectivity index (χ0v) is 25.0. The van der Waals surface area contributed by atoms with Gasteiger partial charge in [0.1, 0.15) is 0 Å². The van der Waals surface area contributed by atoms with E-state index in [9.17, 15) is 27.9 Å². The highest BCUT2D eigenvalue weighted by molar-refractivity contribution is 6.34. The minimum absolute atomic E-state index is 0.0276. The van der Waals surface area contributed by atoms with Gasteiger partial charge in [0.05, 0.1) is 10.6 Å². The maximum atomic E-state index is 14.1. The third-order valence-corrected chi connectivity index (χ3v) is 8.85. The van der Waals surface area contributed by atoms with Gasteiger partial charge in [0, 0.05) is 56.5 Å². The Bertz CT molecular complexity index is 1250. The van der Waals surface area contributed by atoms with Crippen LogP contribution in [0.2, 0.25) is 10.0 Å². The fourth-order valence-corrected chi connectivity index (χ4v) is 6.51. The lowest BCUT2D eigenvalue weighted by Crippen LogP contribution is -2.57. The number of hydrogen-bond donors (Lipinski definition) is 1. The van der Waals surface area contributed by atoms with Crippen molar-refractivity contribution in [2.45, 2.75) is 50.8 Å². The van der Waals surface area contributed by atoms with Crippen LogP contribution in [0.4, 0.5) is 18.9 Å². The van der Waals surface area contributed by atoms with Crippen molar-refractivity contribution in [3.63, 3.8) is 0 Å². The molecule has 1 N–H and O–H groups in total. The van der Waals surface area contributed by atoms with E-state index in [1.807, 2.05) is 12.1 Å². The fourth-order valence-electron chi connectivity index (χ4n) is 5.97. The first-order valence-corrected chi connectivity index (χ1v) is 14.6. The van der Waals surface area contributed by atoms with Crippen molar-refractivity contribution in [2.75, 3.05) is 45.2 Å². The smallest absolute Gasteiger partial charge is 0.371 e. The molecule has 11 heteroatoms. The summed E-state index contributed by atoms with van der Waals surface area (Å²) in [4.78, 5) is 30.3. The van der Waals surface area contributed by atoms with E-state index in [1.54, 1.807) is 27.1 Å². The van der Waals surface area contributed by atoms with E-state index < -0.39 is 23.2 Å². The SMILES string of the molecule is Cc1cc(Cl)cc(C(O)(C(=O)N2CCC(CC3CCN(c4ccc(C(=O)N(C)C)c(Cl)c4)CC3)CC2)C(F)(F)F)c1. The van der Waals surface area contributed by atoms with Crippen molar-refractivity contribution in [2.24, 2.45) is 11.8 Å². The molecule has 2 aromatic rings. The lowest BCUT2D eigenvalue weighted by atomic mass is 9.82. The molecule has 2 heterocycles. The van der Waals surface area contributed by atoms with E-state index in [2.05, 4.69) is 4.90 Å². The van der Waals surface area contributed by atoms with E-state index in [0.717, 1.165) is 55.1 Å². The number of hydrogen-bond acceptors (Lipinski definition) is 4. The average Bonchev–Trinajstić information content (AvgIpc) is 2.91. The molecule has 2 fully saturated rings. The number of halogens is 5. The summed E-state index contributed by atoms with van der Waals surface area (Å²) in [6.07, 6.45) is -1.13. The van der Waals surface area contributed by atoms with E-state index in [1.165, 1.54) is 11.0 Å². The van der Waals surface area contributed by atoms with Gasteiger partial charge in [-0.25, -0.2) is 0 Å². The molecule has 0 bridgehead atoms. The first-order valence-electron chi connectivity index (χ1n) is 13.8. The summed E-state index contributed by atoms with van der Waals surface area (Å²) in [5.74, 6) is -0.718. The Kier molecular flexibility index (Phi) is 9.51. The van der Waals surface area contributed by atoms with Crippen LogP contribution in [-0.4, -0.2) is 73.2 Å². The predicted molar refractivity (Wildman–Crippen MR) is 154 cm³/mol. The number of rotatable bonds is 6. The predicted octanol–water partition coefficient (Wildman–Crippen LogP) is 6.30. The van der Waals surface area contributed by atoms with Crippen LogP contribution in [0.3, 0.4) is 0 Å². The van der Waals surface area contributed by atoms with Crippen LogP contribution in [0.25, 0.3) is 0 Å². The summed E-state index contributed by atoms with van der Waals surface area (Å²) in [5.41, 5.74) is -2.34. The first kappa shape index (κ1) is 31.4. The van der Waals surface area contributed by atoms with Crippen LogP contribution in [-0.2, 0) is 10.4 Å². The molecular formula is C30H36Cl2F3N3O3. The highest BCUT2D eigenvalue weighted by atomic mass is 35.5. The van der Waals surface area contributed by atoms with Crippen LogP contribution in [0.15, 0.2) is 36.4 Å². The molecule has 0 saturated carbocycles. The van der Waals surface area contributed by atoms with E-state index >= 15 is 0 Å². The Balaban J connectivity index is 1.32. The fraction of sp³-hybridized carbons (Fsp3) is 0.533. The van der Waals surface area contributed by atoms with Crippen molar-refractivity contribution in [1.82, 2.24) is 9.80 Å². The molecule has 4 rings (SSSR count). The Hall–Kier alpha value is -2.49. The average molecular weight is 615 g/mol. The molecule has 0 aromatic heterocycles. The number of anilines is 1. The van der Waals surface area contributed by atoms with Crippen molar-refractivity contribution in [3.8, 4) is 0 Å². The van der Waals surface area contributed by atoms with Crippen molar-refractivity contribution in [3.05, 3.63) is 63.1 Å². The van der Waals surface area contributed by atoms with Gasteiger partial charge < -0.3 is 19.8 Å². The number of aliphatic hydroxyl groups is 1. The molecule has 1 atom stereocenters. The molecule has 2 aliphatic heterocycles. The third-order valence-electron chi connectivity index (χ3n) is 8.32. The number of carbonyl (C=O) groups excluding carboxylic acids is 2. The van der Waals surface area contributed by atoms with Gasteiger partial charge in [0.2, 0.25) is 0 Å². The number of amides is 2. The van der Waals surface area contributed by atoms with Crippen molar-refractivity contribution in [1.29, 1.82) is 0 Å². The summed E-state index contributed by atoms with van der Waals surface area (Å²) >= 11 is 12.4. The quantitative estimate of drug-likeness (QED) is 0.415. The second-order valence-corrected chi connectivity index (χ2v) is 12.3. The highest BCUT2D eigenvalue weighted by Gasteiger charge is 2.62. The molecule has 0 aliphatic carbocycles. The molecule has 2 aromatic carbocycles. The van der Waals surface area contributed by atoms with Crippen molar-refractivity contribution >= 4 is 40.7 Å². The van der Waals surface area contributed by atoms with Gasteiger partial charge in [0.25, 0.3) is 17.4 Å². The standard InChI is InChI=1S/C30H36Cl2F3N3O3/c1-19-14-22(17-23(31)15-19)29(41,30(33,34)35)28(40)38-12-8-21(9-13-38)16-20-6-10-37(11-7-20)24-4-5-25(26(32)18-24)27(39)36(2)3/h4-5,14-15,17-18,20-21,41H,6-13,16H2,1-3H3. The summed E-state index contributed by atoms with van der Waals surface area (Å²) < 4.78 is 42.4. The van der Waals surface area contributed by atoms with Gasteiger partial charge in [0.15, 0.2) is 0 Å². The Morgan fingerprint density at radius 1 is 0.951 bits per heavy atom. The van der Waals surface area contributed by atoms with Crippen LogP contribution in [0.1, 0.15) is 53.6 Å². The number of carbonyl (C=O) groups is 2. The maximum Gasteiger partial charge on any atom is 0.430 e. The van der Waals surface area contributed by atoms with E-state index in [4.69, 9.17) is 23.2 Å². The maximum absolute atomic E-state index is 14.1. The Morgan fingerprint density at radius 2 is 1.54 bits per heavy atom. The number of alkyl halides is 3. The molecule has 2 saturated heterocycles. The van der Waals surface area contributed by atoms with E-state index in [0.29, 0.717) is 40.8 Å². The second kappa shape index (κ2) is 12.4. The number of likely N-dealkylation sites (tertiary alicyclic amines) is 1. The summed E-state index contributed by atoms with van der Waals surface area (Å²) in [6.45, 7) is 3.58. The molecule has 2 aliphatic rings. The number of nitrogens with zero attached hydrogens (tertiary/aromatic N) is 3. The normalized spacial score (nSPS) is 18.8. The van der Waals surface area contributed by atoms with Crippen molar-refractivity contribution < 1.29 is 27.9 Å². The zero-order valence-electron chi connectivity index (χ0n) is 23.5. The van der Waals surface area contributed by atoms with Gasteiger partial charge in [-0.2, -0.15) is 13.2 Å². The molecule has 6 nitrogen and oxygen atoms in total. The summed E-state index contributed by atoms with van der Waals surface area (Å²) in [7, 11) is 3.37. The second-order valence-electron chi connectivity index (χ2n) is 11.5. The minimum Gasteiger partial charge on any atom is -0.371 e. The molecule has 1 unspecified atom stereocenters. The lowest BCUT2D eigenvalue weighted by Gasteiger charge is -2.40. The molecule has 41 heavy (non-hydrogen) atoms. The third kappa shape index (κ3) is 6.78. The Morgan fingerprint density at radius 3 is 2.05 bits per heavy atom. The molecular weight excluding hydrogens is 578 g/mol. The first-order chi connectivity index (χ1) is 19.2. The number of benzene rings is 2. The van der Waals surface area contributed by atoms with Gasteiger partial charge >= 0.3 is 6.18 Å². The van der Waals surface area contributed by atoms with Crippen LogP contribution in [0, 0.1) is 18.8 Å². The van der Waals surface area contributed by atoms with Crippen LogP contribution < -0.4 is 4.90 Å². The van der Waals surface area contributed by atoms with Crippen LogP contribution in [0.5, 0.6) is 0 Å². The minimum atomic E-state index is -5.20. The number of aryl methyl sites for hydroxylation is 1. The van der Waals surface area contributed by atoms with Gasteiger partial charge in [-0.3, -0.25) is 9.59 Å². The van der Waals surface area contributed by atoms with Gasteiger partial charge in [-0.15, -0.1) is 0 Å². The molecule has 2 amide bonds.